The number of halogens is 1. The molecule has 1 N–H and O–H groups in total. The van der Waals surface area contributed by atoms with Gasteiger partial charge in [-0.05, 0) is 82.0 Å². The number of aryl methyl sites for hydroxylation is 1. The fraction of sp³-hybridized carbons (Fsp3) is 0.394. The molecule has 0 radical (unpaired) electrons. The van der Waals surface area contributed by atoms with Gasteiger partial charge in [0.25, 0.3) is 5.91 Å². The normalized spacial score (nSPS) is 12.4. The van der Waals surface area contributed by atoms with Gasteiger partial charge in [-0.3, -0.25) is 9.36 Å². The number of alkyl carbamates (subject to hydrolysis) is 1. The van der Waals surface area contributed by atoms with Crippen molar-refractivity contribution in [3.05, 3.63) is 105 Å². The molecule has 1 unspecified atom stereocenters. The van der Waals surface area contributed by atoms with Crippen molar-refractivity contribution in [2.75, 3.05) is 13.1 Å². The van der Waals surface area contributed by atoms with Crippen LogP contribution in [0.1, 0.15) is 74.4 Å². The van der Waals surface area contributed by atoms with Gasteiger partial charge in [0.1, 0.15) is 5.60 Å². The van der Waals surface area contributed by atoms with Gasteiger partial charge in [-0.2, -0.15) is 9.61 Å². The lowest BCUT2D eigenvalue weighted by molar-refractivity contribution is 0.0520. The van der Waals surface area contributed by atoms with Crippen molar-refractivity contribution in [1.82, 2.24) is 24.4 Å². The van der Waals surface area contributed by atoms with E-state index in [1.807, 2.05) is 63.2 Å². The molecule has 228 valence electrons. The van der Waals surface area contributed by atoms with Crippen LogP contribution >= 0.6 is 11.6 Å². The van der Waals surface area contributed by atoms with Gasteiger partial charge in [-0.15, -0.1) is 0 Å². The van der Waals surface area contributed by atoms with E-state index < -0.39 is 17.7 Å². The van der Waals surface area contributed by atoms with Gasteiger partial charge in [0.05, 0.1) is 23.8 Å². The largest absolute Gasteiger partial charge is 0.444 e. The van der Waals surface area contributed by atoms with E-state index in [2.05, 4.69) is 10.4 Å². The highest BCUT2D eigenvalue weighted by Crippen LogP contribution is 2.31. The standard InChI is InChI=1S/C33H40ClN5O4/c1-22(2)29(28-20-27-19-23(3)36-39(27)32(42)38(28)21-24-11-8-7-9-12-24)37(30(40)25-13-15-26(34)16-14-25)18-10-17-35-31(41)43-33(4,5)6/h7-9,11-16,19-20,22,29H,10,17-18,21H2,1-6H3,(H,35,41). The van der Waals surface area contributed by atoms with E-state index in [9.17, 15) is 14.4 Å². The summed E-state index contributed by atoms with van der Waals surface area (Å²) in [6, 6.07) is 19.9. The highest BCUT2D eigenvalue weighted by molar-refractivity contribution is 6.30. The first-order chi connectivity index (χ1) is 20.3. The van der Waals surface area contributed by atoms with Crippen LogP contribution in [0.4, 0.5) is 4.79 Å². The van der Waals surface area contributed by atoms with Gasteiger partial charge in [-0.25, -0.2) is 9.59 Å². The zero-order valence-electron chi connectivity index (χ0n) is 25.6. The third-order valence-electron chi connectivity index (χ3n) is 6.93. The van der Waals surface area contributed by atoms with Crippen molar-refractivity contribution in [3.63, 3.8) is 0 Å². The molecule has 0 saturated heterocycles. The zero-order valence-corrected chi connectivity index (χ0v) is 26.4. The van der Waals surface area contributed by atoms with Gasteiger partial charge in [0, 0.05) is 29.4 Å². The molecule has 0 aliphatic carbocycles. The Kier molecular flexibility index (Phi) is 9.96. The molecule has 0 fully saturated rings. The summed E-state index contributed by atoms with van der Waals surface area (Å²) in [6.07, 6.45) is -0.0413. The predicted octanol–water partition coefficient (Wildman–Crippen LogP) is 6.26. The van der Waals surface area contributed by atoms with Crippen molar-refractivity contribution in [1.29, 1.82) is 0 Å². The number of nitrogens with one attached hydrogen (secondary N) is 1. The van der Waals surface area contributed by atoms with Crippen LogP contribution in [0, 0.1) is 12.8 Å². The Labute approximate surface area is 257 Å². The molecule has 0 aliphatic rings. The molecule has 2 aromatic carbocycles. The van der Waals surface area contributed by atoms with Crippen LogP contribution < -0.4 is 11.0 Å². The first kappa shape index (κ1) is 31.8. The van der Waals surface area contributed by atoms with Gasteiger partial charge in [0.2, 0.25) is 0 Å². The van der Waals surface area contributed by atoms with E-state index in [1.54, 1.807) is 54.5 Å². The second-order valence-corrected chi connectivity index (χ2v) is 12.5. The first-order valence-corrected chi connectivity index (χ1v) is 14.9. The quantitative estimate of drug-likeness (QED) is 0.215. The summed E-state index contributed by atoms with van der Waals surface area (Å²) in [6.45, 7) is 12.3. The van der Waals surface area contributed by atoms with Crippen LogP contribution in [0.15, 0.2) is 71.5 Å². The smallest absolute Gasteiger partial charge is 0.407 e. The number of amides is 2. The van der Waals surface area contributed by atoms with Gasteiger partial charge in [-0.1, -0.05) is 55.8 Å². The number of hydrogen-bond donors (Lipinski definition) is 1. The van der Waals surface area contributed by atoms with E-state index in [0.717, 1.165) is 11.3 Å². The summed E-state index contributed by atoms with van der Waals surface area (Å²) in [5.74, 6) is -0.265. The van der Waals surface area contributed by atoms with E-state index in [4.69, 9.17) is 16.3 Å². The summed E-state index contributed by atoms with van der Waals surface area (Å²) in [7, 11) is 0. The first-order valence-electron chi connectivity index (χ1n) is 14.5. The van der Waals surface area contributed by atoms with E-state index >= 15 is 0 Å². The lowest BCUT2D eigenvalue weighted by Gasteiger charge is -2.36. The van der Waals surface area contributed by atoms with Crippen LogP contribution in [0.5, 0.6) is 0 Å². The Morgan fingerprint density at radius 1 is 1.05 bits per heavy atom. The molecule has 9 nitrogen and oxygen atoms in total. The Hall–Kier alpha value is -4.11. The molecule has 43 heavy (non-hydrogen) atoms. The number of carbonyl (C=O) groups excluding carboxylic acids is 2. The third kappa shape index (κ3) is 8.04. The predicted molar refractivity (Wildman–Crippen MR) is 169 cm³/mol. The summed E-state index contributed by atoms with van der Waals surface area (Å²) >= 11 is 6.13. The Balaban J connectivity index is 1.77. The van der Waals surface area contributed by atoms with Crippen molar-refractivity contribution in [2.24, 2.45) is 5.92 Å². The summed E-state index contributed by atoms with van der Waals surface area (Å²) in [5.41, 5.74) is 2.64. The van der Waals surface area contributed by atoms with Crippen LogP contribution in [0.3, 0.4) is 0 Å². The summed E-state index contributed by atoms with van der Waals surface area (Å²) in [4.78, 5) is 42.2. The maximum Gasteiger partial charge on any atom is 0.407 e. The molecule has 0 saturated carbocycles. The number of carbonyl (C=O) groups is 2. The van der Waals surface area contributed by atoms with E-state index in [0.29, 0.717) is 47.9 Å². The van der Waals surface area contributed by atoms with Crippen molar-refractivity contribution in [3.8, 4) is 0 Å². The molecule has 1 atom stereocenters. The molecule has 2 amide bonds. The van der Waals surface area contributed by atoms with E-state index in [1.165, 1.54) is 4.52 Å². The Morgan fingerprint density at radius 2 is 1.72 bits per heavy atom. The van der Waals surface area contributed by atoms with Crippen LogP contribution in [0.2, 0.25) is 5.02 Å². The highest BCUT2D eigenvalue weighted by Gasteiger charge is 2.32. The average molecular weight is 606 g/mol. The number of rotatable bonds is 10. The van der Waals surface area contributed by atoms with Crippen molar-refractivity contribution >= 4 is 29.1 Å². The molecule has 10 heteroatoms. The molecule has 4 rings (SSSR count). The van der Waals surface area contributed by atoms with Crippen molar-refractivity contribution in [2.45, 2.75) is 66.2 Å². The maximum absolute atomic E-state index is 14.2. The highest BCUT2D eigenvalue weighted by atomic mass is 35.5. The number of aromatic nitrogens is 3. The fourth-order valence-electron chi connectivity index (χ4n) is 5.14. The second kappa shape index (κ2) is 13.5. The zero-order chi connectivity index (χ0) is 31.3. The SMILES string of the molecule is Cc1cc2cc(C(C(C)C)N(CCCNC(=O)OC(C)(C)C)C(=O)c3ccc(Cl)cc3)n(Cc3ccccc3)c(=O)n2n1. The van der Waals surface area contributed by atoms with Gasteiger partial charge < -0.3 is 15.0 Å². The monoisotopic (exact) mass is 605 g/mol. The number of benzene rings is 2. The molecule has 2 heterocycles. The topological polar surface area (TPSA) is 97.9 Å². The number of ether oxygens (including phenoxy) is 1. The third-order valence-corrected chi connectivity index (χ3v) is 7.18. The van der Waals surface area contributed by atoms with Crippen LogP contribution in [-0.2, 0) is 11.3 Å². The summed E-state index contributed by atoms with van der Waals surface area (Å²) in [5, 5.41) is 7.75. The lowest BCUT2D eigenvalue weighted by atomic mass is 9.96. The van der Waals surface area contributed by atoms with Crippen molar-refractivity contribution < 1.29 is 14.3 Å². The minimum Gasteiger partial charge on any atom is -0.444 e. The molecular formula is C33H40ClN5O4. The van der Waals surface area contributed by atoms with Crippen LogP contribution in [-0.4, -0.2) is 49.8 Å². The molecule has 0 aliphatic heterocycles. The Morgan fingerprint density at radius 3 is 2.35 bits per heavy atom. The minimum absolute atomic E-state index is 0.0667. The lowest BCUT2D eigenvalue weighted by Crippen LogP contribution is -2.43. The fourth-order valence-corrected chi connectivity index (χ4v) is 5.27. The van der Waals surface area contributed by atoms with Gasteiger partial charge in [0.15, 0.2) is 0 Å². The molecular weight excluding hydrogens is 566 g/mol. The van der Waals surface area contributed by atoms with Crippen LogP contribution in [0.25, 0.3) is 5.52 Å². The number of fused-ring (bicyclic) bond motifs is 1. The number of hydrogen-bond acceptors (Lipinski definition) is 5. The second-order valence-electron chi connectivity index (χ2n) is 12.0. The molecule has 4 aromatic rings. The average Bonchev–Trinajstić information content (AvgIpc) is 3.32. The molecule has 2 aromatic heterocycles. The minimum atomic E-state index is -0.615. The number of nitrogens with zero attached hydrogens (tertiary/aromatic N) is 4. The molecule has 0 spiro atoms. The van der Waals surface area contributed by atoms with Gasteiger partial charge >= 0.3 is 11.8 Å². The summed E-state index contributed by atoms with van der Waals surface area (Å²) < 4.78 is 8.49. The maximum atomic E-state index is 14.2. The molecule has 0 bridgehead atoms. The van der Waals surface area contributed by atoms with E-state index in [-0.39, 0.29) is 17.5 Å². The Bertz CT molecular complexity index is 1620.